The van der Waals surface area contributed by atoms with Gasteiger partial charge in [-0.1, -0.05) is 25.5 Å². The first-order chi connectivity index (χ1) is 10.8. The molecule has 0 spiro atoms. The Labute approximate surface area is 147 Å². The molecule has 1 atom stereocenters. The summed E-state index contributed by atoms with van der Waals surface area (Å²) in [5, 5.41) is 4.49. The van der Waals surface area contributed by atoms with Crippen LogP contribution in [0.2, 0.25) is 0 Å². The van der Waals surface area contributed by atoms with Crippen molar-refractivity contribution in [2.45, 2.75) is 32.0 Å². The number of nitrogens with one attached hydrogen (secondary N) is 1. The maximum Gasteiger partial charge on any atom is 0.416 e. The minimum atomic E-state index is -4.41. The maximum absolute atomic E-state index is 12.7. The summed E-state index contributed by atoms with van der Waals surface area (Å²) < 4.78 is 38.2. The third kappa shape index (κ3) is 5.19. The number of thiazole rings is 1. The van der Waals surface area contributed by atoms with Crippen molar-refractivity contribution >= 4 is 34.8 Å². The van der Waals surface area contributed by atoms with Gasteiger partial charge in [-0.3, -0.25) is 4.79 Å². The van der Waals surface area contributed by atoms with E-state index in [1.54, 1.807) is 11.4 Å². The van der Waals surface area contributed by atoms with Gasteiger partial charge in [0.1, 0.15) is 0 Å². The van der Waals surface area contributed by atoms with E-state index >= 15 is 0 Å². The number of alkyl halides is 3. The van der Waals surface area contributed by atoms with Gasteiger partial charge in [-0.05, 0) is 18.6 Å². The van der Waals surface area contributed by atoms with Crippen LogP contribution in [0.3, 0.4) is 0 Å². The molecule has 24 heavy (non-hydrogen) atoms. The quantitative estimate of drug-likeness (QED) is 0.813. The molecule has 1 unspecified atom stereocenters. The van der Waals surface area contributed by atoms with Gasteiger partial charge >= 0.3 is 6.18 Å². The highest BCUT2D eigenvalue weighted by Crippen LogP contribution is 2.33. The van der Waals surface area contributed by atoms with Crippen LogP contribution in [0.15, 0.2) is 29.6 Å². The van der Waals surface area contributed by atoms with Gasteiger partial charge in [0, 0.05) is 10.9 Å². The second kappa shape index (κ2) is 8.46. The van der Waals surface area contributed by atoms with Crippen LogP contribution in [0.1, 0.15) is 25.3 Å². The average Bonchev–Trinajstić information content (AvgIpc) is 2.95. The highest BCUT2D eigenvalue weighted by Gasteiger charge is 2.30. The minimum absolute atomic E-state index is 0. The van der Waals surface area contributed by atoms with Crippen molar-refractivity contribution in [3.8, 4) is 11.3 Å². The van der Waals surface area contributed by atoms with Crippen molar-refractivity contribution in [3.63, 3.8) is 0 Å². The lowest BCUT2D eigenvalue weighted by molar-refractivity contribution is -0.137. The number of aromatic nitrogens is 1. The van der Waals surface area contributed by atoms with Crippen LogP contribution in [-0.2, 0) is 11.0 Å². The molecule has 9 heteroatoms. The lowest BCUT2D eigenvalue weighted by Gasteiger charge is -2.09. The first kappa shape index (κ1) is 20.4. The van der Waals surface area contributed by atoms with E-state index in [4.69, 9.17) is 5.73 Å². The maximum atomic E-state index is 12.7. The molecule has 1 heterocycles. The number of halogens is 4. The lowest BCUT2D eigenvalue weighted by Crippen LogP contribution is -2.35. The molecule has 1 amide bonds. The number of anilines is 1. The monoisotopic (exact) mass is 379 g/mol. The number of hydrogen-bond donors (Lipinski definition) is 2. The SMILES string of the molecule is CCCC(N)C(=O)Nc1nc(-c2cccc(C(F)(F)F)c2)cs1.Cl. The molecule has 2 rings (SSSR count). The van der Waals surface area contributed by atoms with Crippen molar-refractivity contribution in [2.24, 2.45) is 5.73 Å². The molecule has 3 N–H and O–H groups in total. The smallest absolute Gasteiger partial charge is 0.320 e. The summed E-state index contributed by atoms with van der Waals surface area (Å²) in [4.78, 5) is 16.0. The minimum Gasteiger partial charge on any atom is -0.320 e. The van der Waals surface area contributed by atoms with Gasteiger partial charge in [-0.2, -0.15) is 13.2 Å². The Morgan fingerprint density at radius 2 is 2.12 bits per heavy atom. The van der Waals surface area contributed by atoms with Crippen molar-refractivity contribution in [1.82, 2.24) is 4.98 Å². The second-order valence-electron chi connectivity index (χ2n) is 5.00. The van der Waals surface area contributed by atoms with Crippen molar-refractivity contribution in [2.75, 3.05) is 5.32 Å². The van der Waals surface area contributed by atoms with Gasteiger partial charge < -0.3 is 11.1 Å². The van der Waals surface area contributed by atoms with Crippen LogP contribution in [0.4, 0.5) is 18.3 Å². The van der Waals surface area contributed by atoms with E-state index in [0.717, 1.165) is 29.9 Å². The fourth-order valence-corrected chi connectivity index (χ4v) is 2.68. The molecule has 2 aromatic rings. The fraction of sp³-hybridized carbons (Fsp3) is 0.333. The predicted molar refractivity (Wildman–Crippen MR) is 91.3 cm³/mol. The Hall–Kier alpha value is -1.64. The normalized spacial score (nSPS) is 12.4. The third-order valence-corrected chi connectivity index (χ3v) is 3.91. The summed E-state index contributed by atoms with van der Waals surface area (Å²) in [7, 11) is 0. The van der Waals surface area contributed by atoms with Gasteiger partial charge in [0.05, 0.1) is 17.3 Å². The molecule has 0 aliphatic heterocycles. The zero-order valence-electron chi connectivity index (χ0n) is 12.8. The standard InChI is InChI=1S/C15H16F3N3OS.ClH/c1-2-4-11(19)13(22)21-14-20-12(8-23-14)9-5-3-6-10(7-9)15(16,17)18;/h3,5-8,11H,2,4,19H2,1H3,(H,20,21,22);1H. The van der Waals surface area contributed by atoms with Crippen LogP contribution in [-0.4, -0.2) is 16.9 Å². The number of amides is 1. The van der Waals surface area contributed by atoms with Crippen LogP contribution < -0.4 is 11.1 Å². The molecule has 132 valence electrons. The largest absolute Gasteiger partial charge is 0.416 e. The summed E-state index contributed by atoms with van der Waals surface area (Å²) in [5.74, 6) is -0.350. The molecule has 0 fully saturated rings. The number of nitrogens with two attached hydrogens (primary N) is 1. The van der Waals surface area contributed by atoms with Gasteiger partial charge in [0.15, 0.2) is 5.13 Å². The van der Waals surface area contributed by atoms with E-state index in [9.17, 15) is 18.0 Å². The molecule has 0 saturated carbocycles. The number of carbonyl (C=O) groups excluding carboxylic acids is 1. The fourth-order valence-electron chi connectivity index (χ4n) is 1.96. The summed E-state index contributed by atoms with van der Waals surface area (Å²) in [6, 6.07) is 4.28. The van der Waals surface area contributed by atoms with Gasteiger partial charge in [-0.15, -0.1) is 23.7 Å². The van der Waals surface area contributed by atoms with E-state index in [-0.39, 0.29) is 18.3 Å². The summed E-state index contributed by atoms with van der Waals surface area (Å²) in [5.41, 5.74) is 5.68. The van der Waals surface area contributed by atoms with Crippen LogP contribution >= 0.6 is 23.7 Å². The van der Waals surface area contributed by atoms with Crippen LogP contribution in [0, 0.1) is 0 Å². The Balaban J connectivity index is 0.00000288. The van der Waals surface area contributed by atoms with Gasteiger partial charge in [0.2, 0.25) is 5.91 Å². The van der Waals surface area contributed by atoms with Crippen molar-refractivity contribution < 1.29 is 18.0 Å². The topological polar surface area (TPSA) is 68.0 Å². The molecule has 4 nitrogen and oxygen atoms in total. The van der Waals surface area contributed by atoms with E-state index in [2.05, 4.69) is 10.3 Å². The highest BCUT2D eigenvalue weighted by atomic mass is 35.5. The molecule has 0 radical (unpaired) electrons. The van der Waals surface area contributed by atoms with Gasteiger partial charge in [-0.25, -0.2) is 4.98 Å². The van der Waals surface area contributed by atoms with Crippen molar-refractivity contribution in [1.29, 1.82) is 0 Å². The Bertz CT molecular complexity index is 691. The summed E-state index contributed by atoms with van der Waals surface area (Å²) >= 11 is 1.14. The molecule has 1 aromatic carbocycles. The molecular weight excluding hydrogens is 363 g/mol. The average molecular weight is 380 g/mol. The Morgan fingerprint density at radius 1 is 1.42 bits per heavy atom. The number of carbonyl (C=O) groups is 1. The Morgan fingerprint density at radius 3 is 2.75 bits per heavy atom. The molecule has 1 aromatic heterocycles. The third-order valence-electron chi connectivity index (χ3n) is 3.16. The molecule has 0 saturated heterocycles. The van der Waals surface area contributed by atoms with E-state index < -0.39 is 17.8 Å². The van der Waals surface area contributed by atoms with E-state index in [0.29, 0.717) is 22.8 Å². The number of hydrogen-bond acceptors (Lipinski definition) is 4. The van der Waals surface area contributed by atoms with Crippen molar-refractivity contribution in [3.05, 3.63) is 35.2 Å². The van der Waals surface area contributed by atoms with Gasteiger partial charge in [0.25, 0.3) is 0 Å². The zero-order valence-corrected chi connectivity index (χ0v) is 14.4. The first-order valence-electron chi connectivity index (χ1n) is 7.01. The predicted octanol–water partition coefficient (Wildman–Crippen LogP) is 4.32. The van der Waals surface area contributed by atoms with E-state index in [1.807, 2.05) is 6.92 Å². The zero-order chi connectivity index (χ0) is 17.0. The number of rotatable bonds is 5. The lowest BCUT2D eigenvalue weighted by atomic mass is 10.1. The summed E-state index contributed by atoms with van der Waals surface area (Å²) in [6.45, 7) is 1.92. The molecule has 0 bridgehead atoms. The van der Waals surface area contributed by atoms with E-state index in [1.165, 1.54) is 6.07 Å². The number of nitrogens with zero attached hydrogens (tertiary/aromatic N) is 1. The van der Waals surface area contributed by atoms with Crippen LogP contribution in [0.5, 0.6) is 0 Å². The molecule has 0 aliphatic carbocycles. The Kier molecular flexibility index (Phi) is 7.19. The molecular formula is C15H17ClF3N3OS. The summed E-state index contributed by atoms with van der Waals surface area (Å²) in [6.07, 6.45) is -3.07. The van der Waals surface area contributed by atoms with Crippen LogP contribution in [0.25, 0.3) is 11.3 Å². The molecule has 0 aliphatic rings. The second-order valence-corrected chi connectivity index (χ2v) is 5.86. The highest BCUT2D eigenvalue weighted by molar-refractivity contribution is 7.14. The number of benzene rings is 1. The first-order valence-corrected chi connectivity index (χ1v) is 7.89.